The van der Waals surface area contributed by atoms with Crippen LogP contribution in [0.4, 0.5) is 0 Å². The molecular weight excluding hydrogens is 300 g/mol. The van der Waals surface area contributed by atoms with E-state index in [4.69, 9.17) is 4.74 Å². The second-order valence-corrected chi connectivity index (χ2v) is 5.70. The standard InChI is InChI=1S/C17H18O6/c18-9-12-5-6-17(23-12,10-1-3-13(19)15(21)7-10)11-2-4-14(20)16(22)8-11/h1-4,7-8,12,18-22H,5-6,9H2/t12-/m0/s1. The number of hydrogen-bond donors (Lipinski definition) is 5. The van der Waals surface area contributed by atoms with Crippen LogP contribution in [0.5, 0.6) is 23.0 Å². The number of phenolic OH excluding ortho intramolecular Hbond substituents is 4. The highest BCUT2D eigenvalue weighted by molar-refractivity contribution is 5.50. The quantitative estimate of drug-likeness (QED) is 0.553. The number of ether oxygens (including phenoxy) is 1. The molecule has 0 saturated carbocycles. The molecular formula is C17H18O6. The Morgan fingerprint density at radius 2 is 1.39 bits per heavy atom. The third-order valence-corrected chi connectivity index (χ3v) is 4.27. The lowest BCUT2D eigenvalue weighted by molar-refractivity contribution is -0.0386. The number of aromatic hydroxyl groups is 4. The van der Waals surface area contributed by atoms with Gasteiger partial charge in [-0.3, -0.25) is 0 Å². The molecule has 2 aromatic rings. The molecule has 1 heterocycles. The molecule has 0 bridgehead atoms. The minimum absolute atomic E-state index is 0.143. The Bertz CT molecular complexity index is 676. The van der Waals surface area contributed by atoms with Gasteiger partial charge in [-0.1, -0.05) is 12.1 Å². The van der Waals surface area contributed by atoms with Gasteiger partial charge in [0.1, 0.15) is 5.60 Å². The molecule has 6 nitrogen and oxygen atoms in total. The second kappa shape index (κ2) is 5.64. The predicted molar refractivity (Wildman–Crippen MR) is 81.5 cm³/mol. The molecule has 122 valence electrons. The van der Waals surface area contributed by atoms with Gasteiger partial charge in [0.2, 0.25) is 0 Å². The highest BCUT2D eigenvalue weighted by Crippen LogP contribution is 2.47. The highest BCUT2D eigenvalue weighted by atomic mass is 16.5. The number of aliphatic hydroxyl groups is 1. The Balaban J connectivity index is 2.14. The van der Waals surface area contributed by atoms with Crippen molar-refractivity contribution in [3.8, 4) is 23.0 Å². The van der Waals surface area contributed by atoms with Gasteiger partial charge in [0.05, 0.1) is 12.7 Å². The van der Waals surface area contributed by atoms with Crippen LogP contribution in [0.25, 0.3) is 0 Å². The third-order valence-electron chi connectivity index (χ3n) is 4.27. The number of aliphatic hydroxyl groups excluding tert-OH is 1. The summed E-state index contributed by atoms with van der Waals surface area (Å²) >= 11 is 0. The van der Waals surface area contributed by atoms with Crippen molar-refractivity contribution in [1.29, 1.82) is 0 Å². The van der Waals surface area contributed by atoms with Crippen LogP contribution in [0.3, 0.4) is 0 Å². The van der Waals surface area contributed by atoms with E-state index in [-0.39, 0.29) is 35.7 Å². The fourth-order valence-corrected chi connectivity index (χ4v) is 3.04. The number of hydrogen-bond acceptors (Lipinski definition) is 6. The van der Waals surface area contributed by atoms with Crippen LogP contribution >= 0.6 is 0 Å². The van der Waals surface area contributed by atoms with Gasteiger partial charge in [-0.15, -0.1) is 0 Å². The topological polar surface area (TPSA) is 110 Å². The van der Waals surface area contributed by atoms with Gasteiger partial charge in [-0.05, 0) is 48.2 Å². The summed E-state index contributed by atoms with van der Waals surface area (Å²) in [5.41, 5.74) is 0.201. The van der Waals surface area contributed by atoms with Gasteiger partial charge in [0, 0.05) is 0 Å². The average Bonchev–Trinajstić information content (AvgIpc) is 2.98. The molecule has 0 aliphatic carbocycles. The highest BCUT2D eigenvalue weighted by Gasteiger charge is 2.43. The molecule has 0 radical (unpaired) electrons. The van der Waals surface area contributed by atoms with Crippen molar-refractivity contribution in [2.75, 3.05) is 6.61 Å². The Morgan fingerprint density at radius 1 is 0.870 bits per heavy atom. The predicted octanol–water partition coefficient (Wildman–Crippen LogP) is 1.92. The van der Waals surface area contributed by atoms with E-state index >= 15 is 0 Å². The van der Waals surface area contributed by atoms with E-state index in [1.54, 1.807) is 12.1 Å². The fourth-order valence-electron chi connectivity index (χ4n) is 3.04. The molecule has 1 atom stereocenters. The molecule has 1 saturated heterocycles. The van der Waals surface area contributed by atoms with Crippen molar-refractivity contribution in [3.05, 3.63) is 47.5 Å². The zero-order valence-electron chi connectivity index (χ0n) is 12.3. The summed E-state index contributed by atoms with van der Waals surface area (Å²) in [6.07, 6.45) is 0.744. The molecule has 0 amide bonds. The fraction of sp³-hybridized carbons (Fsp3) is 0.294. The van der Waals surface area contributed by atoms with E-state index in [9.17, 15) is 25.5 Å². The van der Waals surface area contributed by atoms with E-state index in [0.29, 0.717) is 24.0 Å². The van der Waals surface area contributed by atoms with Gasteiger partial charge in [0.15, 0.2) is 23.0 Å². The van der Waals surface area contributed by atoms with Crippen LogP contribution in [0.1, 0.15) is 24.0 Å². The smallest absolute Gasteiger partial charge is 0.157 e. The second-order valence-electron chi connectivity index (χ2n) is 5.70. The van der Waals surface area contributed by atoms with E-state index in [2.05, 4.69) is 0 Å². The van der Waals surface area contributed by atoms with Crippen molar-refractivity contribution in [2.24, 2.45) is 0 Å². The van der Waals surface area contributed by atoms with Gasteiger partial charge in [-0.25, -0.2) is 0 Å². The Hall–Kier alpha value is -2.44. The first-order valence-electron chi connectivity index (χ1n) is 7.30. The summed E-state index contributed by atoms with van der Waals surface area (Å²) in [5.74, 6) is -1.04. The largest absolute Gasteiger partial charge is 0.504 e. The van der Waals surface area contributed by atoms with Crippen molar-refractivity contribution >= 4 is 0 Å². The molecule has 23 heavy (non-hydrogen) atoms. The van der Waals surface area contributed by atoms with Crippen molar-refractivity contribution < 1.29 is 30.3 Å². The first-order valence-corrected chi connectivity index (χ1v) is 7.30. The maximum absolute atomic E-state index is 9.80. The molecule has 5 N–H and O–H groups in total. The molecule has 2 aromatic carbocycles. The number of rotatable bonds is 3. The molecule has 6 heteroatoms. The Kier molecular flexibility index (Phi) is 3.79. The van der Waals surface area contributed by atoms with Crippen molar-refractivity contribution in [3.63, 3.8) is 0 Å². The maximum Gasteiger partial charge on any atom is 0.157 e. The Labute approximate surface area is 132 Å². The van der Waals surface area contributed by atoms with E-state index in [0.717, 1.165) is 0 Å². The summed E-state index contributed by atoms with van der Waals surface area (Å²) < 4.78 is 6.02. The van der Waals surface area contributed by atoms with Crippen LogP contribution in [-0.4, -0.2) is 38.2 Å². The maximum atomic E-state index is 9.80. The Morgan fingerprint density at radius 3 is 1.78 bits per heavy atom. The average molecular weight is 318 g/mol. The summed E-state index contributed by atoms with van der Waals surface area (Å²) in [6.45, 7) is -0.143. The van der Waals surface area contributed by atoms with Crippen LogP contribution in [0.2, 0.25) is 0 Å². The summed E-state index contributed by atoms with van der Waals surface area (Å²) in [7, 11) is 0. The minimum atomic E-state index is -0.982. The van der Waals surface area contributed by atoms with Gasteiger partial charge >= 0.3 is 0 Å². The molecule has 1 aliphatic heterocycles. The van der Waals surface area contributed by atoms with Crippen molar-refractivity contribution in [2.45, 2.75) is 24.5 Å². The molecule has 0 unspecified atom stereocenters. The molecule has 0 spiro atoms. The third kappa shape index (κ3) is 2.56. The lowest BCUT2D eigenvalue weighted by Crippen LogP contribution is -2.29. The molecule has 1 aliphatic rings. The lowest BCUT2D eigenvalue weighted by Gasteiger charge is -2.31. The molecule has 3 rings (SSSR count). The number of phenols is 4. The summed E-state index contributed by atoms with van der Waals surface area (Å²) in [4.78, 5) is 0. The van der Waals surface area contributed by atoms with E-state index in [1.165, 1.54) is 24.3 Å². The zero-order valence-corrected chi connectivity index (χ0v) is 12.3. The first kappa shape index (κ1) is 15.5. The zero-order chi connectivity index (χ0) is 16.6. The monoisotopic (exact) mass is 318 g/mol. The van der Waals surface area contributed by atoms with Gasteiger partial charge in [0.25, 0.3) is 0 Å². The van der Waals surface area contributed by atoms with E-state index in [1.807, 2.05) is 0 Å². The van der Waals surface area contributed by atoms with Crippen LogP contribution in [0, 0.1) is 0 Å². The van der Waals surface area contributed by atoms with Gasteiger partial charge < -0.3 is 30.3 Å². The van der Waals surface area contributed by atoms with Crippen molar-refractivity contribution in [1.82, 2.24) is 0 Å². The molecule has 1 fully saturated rings. The normalized spacial score (nSPS) is 19.8. The SMILES string of the molecule is OC[C@@H]1CCC(c2ccc(O)c(O)c2)(c2ccc(O)c(O)c2)O1. The van der Waals surface area contributed by atoms with Gasteiger partial charge in [-0.2, -0.15) is 0 Å². The first-order chi connectivity index (χ1) is 11.0. The van der Waals surface area contributed by atoms with Crippen LogP contribution in [-0.2, 0) is 10.3 Å². The lowest BCUT2D eigenvalue weighted by atomic mass is 9.83. The minimum Gasteiger partial charge on any atom is -0.504 e. The van der Waals surface area contributed by atoms with E-state index < -0.39 is 5.60 Å². The summed E-state index contributed by atoms with van der Waals surface area (Å²) in [6, 6.07) is 8.78. The van der Waals surface area contributed by atoms with Crippen LogP contribution < -0.4 is 0 Å². The molecule has 0 aromatic heterocycles. The summed E-state index contributed by atoms with van der Waals surface area (Å²) in [5, 5.41) is 48.0. The van der Waals surface area contributed by atoms with Crippen LogP contribution in [0.15, 0.2) is 36.4 Å². The number of benzene rings is 2.